The van der Waals surface area contributed by atoms with Gasteiger partial charge >= 0.3 is 0 Å². The number of nitrogens with one attached hydrogen (secondary N) is 1. The first-order valence-electron chi connectivity index (χ1n) is 4.94. The molecule has 0 aliphatic carbocycles. The van der Waals surface area contributed by atoms with Gasteiger partial charge in [0.05, 0.1) is 0 Å². The molecule has 1 N–H and O–H groups in total. The van der Waals surface area contributed by atoms with Crippen molar-refractivity contribution in [2.45, 2.75) is 24.5 Å². The SMILES string of the molecule is CC1(CNc2cccnn2)CCCS1. The monoisotopic (exact) mass is 209 g/mol. The Bertz CT molecular complexity index is 283. The molecule has 1 atom stereocenters. The third-order valence-corrected chi connectivity index (χ3v) is 4.05. The number of hydrogen-bond donors (Lipinski definition) is 1. The van der Waals surface area contributed by atoms with Gasteiger partial charge in [-0.3, -0.25) is 0 Å². The van der Waals surface area contributed by atoms with Gasteiger partial charge in [0.15, 0.2) is 0 Å². The Balaban J connectivity index is 1.88. The van der Waals surface area contributed by atoms with E-state index >= 15 is 0 Å². The highest BCUT2D eigenvalue weighted by molar-refractivity contribution is 8.00. The van der Waals surface area contributed by atoms with Crippen LogP contribution in [-0.2, 0) is 0 Å². The van der Waals surface area contributed by atoms with Crippen LogP contribution >= 0.6 is 11.8 Å². The topological polar surface area (TPSA) is 37.8 Å². The number of thioether (sulfide) groups is 1. The van der Waals surface area contributed by atoms with Gasteiger partial charge in [0, 0.05) is 17.5 Å². The lowest BCUT2D eigenvalue weighted by molar-refractivity contribution is 0.633. The Morgan fingerprint density at radius 2 is 2.57 bits per heavy atom. The van der Waals surface area contributed by atoms with Gasteiger partial charge in [-0.15, -0.1) is 5.10 Å². The molecule has 2 heterocycles. The first-order chi connectivity index (χ1) is 6.79. The first kappa shape index (κ1) is 9.77. The summed E-state index contributed by atoms with van der Waals surface area (Å²) >= 11 is 2.05. The van der Waals surface area contributed by atoms with Crippen LogP contribution in [0, 0.1) is 0 Å². The lowest BCUT2D eigenvalue weighted by Crippen LogP contribution is -2.27. The predicted molar refractivity (Wildman–Crippen MR) is 60.6 cm³/mol. The van der Waals surface area contributed by atoms with Crippen LogP contribution in [0.2, 0.25) is 0 Å². The van der Waals surface area contributed by atoms with Crippen molar-refractivity contribution >= 4 is 17.6 Å². The molecular weight excluding hydrogens is 194 g/mol. The molecule has 0 radical (unpaired) electrons. The molecule has 1 aliphatic rings. The summed E-state index contributed by atoms with van der Waals surface area (Å²) in [6, 6.07) is 3.86. The van der Waals surface area contributed by atoms with Crippen molar-refractivity contribution in [3.05, 3.63) is 18.3 Å². The maximum Gasteiger partial charge on any atom is 0.148 e. The van der Waals surface area contributed by atoms with Crippen LogP contribution in [-0.4, -0.2) is 27.2 Å². The van der Waals surface area contributed by atoms with Gasteiger partial charge in [-0.2, -0.15) is 16.9 Å². The van der Waals surface area contributed by atoms with Crippen LogP contribution in [0.4, 0.5) is 5.82 Å². The molecule has 0 aromatic carbocycles. The van der Waals surface area contributed by atoms with Crippen molar-refractivity contribution < 1.29 is 0 Å². The minimum Gasteiger partial charge on any atom is -0.367 e. The fourth-order valence-electron chi connectivity index (χ4n) is 1.65. The van der Waals surface area contributed by atoms with Gasteiger partial charge in [0.1, 0.15) is 5.82 Å². The van der Waals surface area contributed by atoms with Gasteiger partial charge in [0.25, 0.3) is 0 Å². The summed E-state index contributed by atoms with van der Waals surface area (Å²) in [5, 5.41) is 11.2. The van der Waals surface area contributed by atoms with Gasteiger partial charge in [0.2, 0.25) is 0 Å². The summed E-state index contributed by atoms with van der Waals surface area (Å²) in [6.45, 7) is 3.30. The molecule has 3 nitrogen and oxygen atoms in total. The molecule has 1 aromatic heterocycles. The van der Waals surface area contributed by atoms with E-state index in [1.54, 1.807) is 6.20 Å². The molecule has 76 valence electrons. The van der Waals surface area contributed by atoms with Crippen LogP contribution in [0.15, 0.2) is 18.3 Å². The maximum atomic E-state index is 4.00. The first-order valence-corrected chi connectivity index (χ1v) is 5.93. The molecule has 0 spiro atoms. The molecule has 2 rings (SSSR count). The highest BCUT2D eigenvalue weighted by atomic mass is 32.2. The van der Waals surface area contributed by atoms with E-state index in [-0.39, 0.29) is 0 Å². The smallest absolute Gasteiger partial charge is 0.148 e. The van der Waals surface area contributed by atoms with E-state index in [0.717, 1.165) is 12.4 Å². The third-order valence-electron chi connectivity index (χ3n) is 2.52. The number of nitrogens with zero attached hydrogens (tertiary/aromatic N) is 2. The van der Waals surface area contributed by atoms with E-state index in [4.69, 9.17) is 0 Å². The van der Waals surface area contributed by atoms with E-state index < -0.39 is 0 Å². The second-order valence-corrected chi connectivity index (χ2v) is 5.55. The zero-order valence-electron chi connectivity index (χ0n) is 8.36. The summed E-state index contributed by atoms with van der Waals surface area (Å²) in [4.78, 5) is 0. The average molecular weight is 209 g/mol. The molecule has 1 saturated heterocycles. The quantitative estimate of drug-likeness (QED) is 0.828. The van der Waals surface area contributed by atoms with Crippen LogP contribution < -0.4 is 5.32 Å². The van der Waals surface area contributed by atoms with Crippen molar-refractivity contribution in [2.24, 2.45) is 0 Å². The molecule has 0 amide bonds. The number of hydrogen-bond acceptors (Lipinski definition) is 4. The lowest BCUT2D eigenvalue weighted by atomic mass is 10.1. The van der Waals surface area contributed by atoms with Crippen LogP contribution in [0.5, 0.6) is 0 Å². The minimum atomic E-state index is 0.386. The molecule has 1 aliphatic heterocycles. The minimum absolute atomic E-state index is 0.386. The Kier molecular flexibility index (Phi) is 2.91. The maximum absolute atomic E-state index is 4.00. The lowest BCUT2D eigenvalue weighted by Gasteiger charge is -2.22. The Morgan fingerprint density at radius 3 is 3.21 bits per heavy atom. The summed E-state index contributed by atoms with van der Waals surface area (Å²) in [5.41, 5.74) is 0. The van der Waals surface area contributed by atoms with Crippen molar-refractivity contribution in [3.63, 3.8) is 0 Å². The summed E-state index contributed by atoms with van der Waals surface area (Å²) in [7, 11) is 0. The van der Waals surface area contributed by atoms with Crippen molar-refractivity contribution in [1.29, 1.82) is 0 Å². The standard InChI is InChI=1S/C10H15N3S/c1-10(5-3-7-14-10)8-11-9-4-2-6-12-13-9/h2,4,6H,3,5,7-8H2,1H3,(H,11,13). The molecule has 0 saturated carbocycles. The van der Waals surface area contributed by atoms with Crippen molar-refractivity contribution in [2.75, 3.05) is 17.6 Å². The number of aromatic nitrogens is 2. The second kappa shape index (κ2) is 4.17. The zero-order chi connectivity index (χ0) is 9.86. The van der Waals surface area contributed by atoms with Gasteiger partial charge in [-0.1, -0.05) is 0 Å². The van der Waals surface area contributed by atoms with Gasteiger partial charge < -0.3 is 5.32 Å². The Labute approximate surface area is 88.7 Å². The molecule has 0 bridgehead atoms. The van der Waals surface area contributed by atoms with E-state index in [0.29, 0.717) is 4.75 Å². The van der Waals surface area contributed by atoms with E-state index in [9.17, 15) is 0 Å². The van der Waals surface area contributed by atoms with Crippen LogP contribution in [0.3, 0.4) is 0 Å². The molecule has 1 unspecified atom stereocenters. The van der Waals surface area contributed by atoms with E-state index in [1.807, 2.05) is 12.1 Å². The zero-order valence-corrected chi connectivity index (χ0v) is 9.18. The average Bonchev–Trinajstić information content (AvgIpc) is 2.65. The Hall–Kier alpha value is -0.770. The van der Waals surface area contributed by atoms with Gasteiger partial charge in [-0.25, -0.2) is 0 Å². The van der Waals surface area contributed by atoms with Crippen molar-refractivity contribution in [3.8, 4) is 0 Å². The van der Waals surface area contributed by atoms with Crippen LogP contribution in [0.25, 0.3) is 0 Å². The Morgan fingerprint density at radius 1 is 1.64 bits per heavy atom. The summed E-state index contributed by atoms with van der Waals surface area (Å²) in [6.07, 6.45) is 4.32. The van der Waals surface area contributed by atoms with E-state index in [1.165, 1.54) is 18.6 Å². The fourth-order valence-corrected chi connectivity index (χ4v) is 2.89. The molecule has 1 fully saturated rings. The molecule has 4 heteroatoms. The fraction of sp³-hybridized carbons (Fsp3) is 0.600. The number of rotatable bonds is 3. The normalized spacial score (nSPS) is 26.4. The third kappa shape index (κ3) is 2.38. The second-order valence-electron chi connectivity index (χ2n) is 3.86. The van der Waals surface area contributed by atoms with Crippen molar-refractivity contribution in [1.82, 2.24) is 10.2 Å². The summed E-state index contributed by atoms with van der Waals surface area (Å²) in [5.74, 6) is 2.17. The van der Waals surface area contributed by atoms with E-state index in [2.05, 4.69) is 34.2 Å². The largest absolute Gasteiger partial charge is 0.367 e. The van der Waals surface area contributed by atoms with Crippen LogP contribution in [0.1, 0.15) is 19.8 Å². The summed E-state index contributed by atoms with van der Waals surface area (Å²) < 4.78 is 0.386. The number of anilines is 1. The highest BCUT2D eigenvalue weighted by Gasteiger charge is 2.29. The predicted octanol–water partition coefficient (Wildman–Crippen LogP) is 2.17. The molecule has 1 aromatic rings. The van der Waals surface area contributed by atoms with Gasteiger partial charge in [-0.05, 0) is 37.7 Å². The highest BCUT2D eigenvalue weighted by Crippen LogP contribution is 2.37. The molecule has 14 heavy (non-hydrogen) atoms. The molecular formula is C10H15N3S.